The molecule has 0 aliphatic heterocycles. The number of nitrogens with one attached hydrogen (secondary N) is 1. The van der Waals surface area contributed by atoms with Gasteiger partial charge in [0.05, 0.1) is 5.02 Å². The van der Waals surface area contributed by atoms with E-state index in [0.29, 0.717) is 23.1 Å². The van der Waals surface area contributed by atoms with Crippen LogP contribution < -0.4 is 10.1 Å². The van der Waals surface area contributed by atoms with E-state index in [1.54, 1.807) is 19.1 Å². The minimum Gasteiger partial charge on any atom is -0.479 e. The van der Waals surface area contributed by atoms with Crippen LogP contribution >= 0.6 is 11.6 Å². The van der Waals surface area contributed by atoms with Crippen LogP contribution in [0.2, 0.25) is 5.02 Å². The molecule has 20 heavy (non-hydrogen) atoms. The number of rotatable bonds is 8. The quantitative estimate of drug-likeness (QED) is 0.773. The van der Waals surface area contributed by atoms with Crippen LogP contribution in [0.5, 0.6) is 5.75 Å². The summed E-state index contributed by atoms with van der Waals surface area (Å²) in [7, 11) is 0. The van der Waals surface area contributed by atoms with Crippen molar-refractivity contribution in [3.05, 3.63) is 28.8 Å². The van der Waals surface area contributed by atoms with Gasteiger partial charge < -0.3 is 15.2 Å². The summed E-state index contributed by atoms with van der Waals surface area (Å²) in [6.07, 6.45) is -0.471. The van der Waals surface area contributed by atoms with Crippen LogP contribution in [-0.4, -0.2) is 23.7 Å². The van der Waals surface area contributed by atoms with E-state index < -0.39 is 12.1 Å². The first-order valence-corrected chi connectivity index (χ1v) is 7.20. The average Bonchev–Trinajstić information content (AvgIpc) is 2.37. The summed E-state index contributed by atoms with van der Waals surface area (Å²) in [6.45, 7) is 7.72. The Bertz CT molecular complexity index is 449. The zero-order valence-electron chi connectivity index (χ0n) is 12.1. The van der Waals surface area contributed by atoms with E-state index in [1.807, 2.05) is 6.07 Å². The lowest BCUT2D eigenvalue weighted by Gasteiger charge is -2.15. The molecule has 0 bridgehead atoms. The molecule has 1 aromatic rings. The normalized spacial score (nSPS) is 12.4. The molecular weight excluding hydrogens is 278 g/mol. The number of benzene rings is 1. The van der Waals surface area contributed by atoms with Crippen LogP contribution in [0.25, 0.3) is 0 Å². The van der Waals surface area contributed by atoms with E-state index in [9.17, 15) is 4.79 Å². The maximum atomic E-state index is 10.9. The molecule has 112 valence electrons. The van der Waals surface area contributed by atoms with Crippen molar-refractivity contribution in [2.75, 3.05) is 6.54 Å². The molecule has 0 radical (unpaired) electrons. The smallest absolute Gasteiger partial charge is 0.344 e. The Morgan fingerprint density at radius 3 is 2.65 bits per heavy atom. The van der Waals surface area contributed by atoms with Crippen molar-refractivity contribution in [1.82, 2.24) is 5.32 Å². The summed E-state index contributed by atoms with van der Waals surface area (Å²) in [6, 6.07) is 5.42. The molecule has 1 atom stereocenters. The number of carboxylic acids is 1. The average molecular weight is 300 g/mol. The molecule has 0 amide bonds. The number of hydrogen-bond donors (Lipinski definition) is 2. The third-order valence-electron chi connectivity index (χ3n) is 2.79. The third kappa shape index (κ3) is 5.39. The fourth-order valence-corrected chi connectivity index (χ4v) is 1.96. The predicted octanol–water partition coefficient (Wildman–Crippen LogP) is 3.33. The van der Waals surface area contributed by atoms with Crippen molar-refractivity contribution in [2.45, 2.75) is 39.8 Å². The maximum Gasteiger partial charge on any atom is 0.344 e. The van der Waals surface area contributed by atoms with E-state index in [1.165, 1.54) is 0 Å². The number of carboxylic acid groups (broad SMARTS) is 1. The minimum absolute atomic E-state index is 0.392. The van der Waals surface area contributed by atoms with Crippen LogP contribution in [0.3, 0.4) is 0 Å². The molecule has 0 aliphatic rings. The van der Waals surface area contributed by atoms with Crippen molar-refractivity contribution in [3.8, 4) is 5.75 Å². The summed E-state index contributed by atoms with van der Waals surface area (Å²) < 4.78 is 5.40. The molecular formula is C15H22ClNO3. The van der Waals surface area contributed by atoms with Gasteiger partial charge in [0, 0.05) is 6.54 Å². The number of aliphatic carboxylic acids is 1. The van der Waals surface area contributed by atoms with Gasteiger partial charge in [0.1, 0.15) is 5.75 Å². The third-order valence-corrected chi connectivity index (χ3v) is 3.09. The maximum absolute atomic E-state index is 10.9. The van der Waals surface area contributed by atoms with Crippen LogP contribution in [0, 0.1) is 5.92 Å². The highest BCUT2D eigenvalue weighted by molar-refractivity contribution is 6.32. The number of hydrogen-bond acceptors (Lipinski definition) is 3. The van der Waals surface area contributed by atoms with Gasteiger partial charge in [-0.15, -0.1) is 0 Å². The standard InChI is InChI=1S/C15H22ClNO3/c1-4-13(15(18)19)20-14-6-5-11(7-12(14)16)9-17-8-10(2)3/h5-7,10,13,17H,4,8-9H2,1-3H3,(H,18,19). The van der Waals surface area contributed by atoms with E-state index in [0.717, 1.165) is 18.7 Å². The van der Waals surface area contributed by atoms with Crippen molar-refractivity contribution < 1.29 is 14.6 Å². The molecule has 4 nitrogen and oxygen atoms in total. The van der Waals surface area contributed by atoms with Gasteiger partial charge in [-0.1, -0.05) is 38.4 Å². The van der Waals surface area contributed by atoms with Crippen LogP contribution in [0.4, 0.5) is 0 Å². The van der Waals surface area contributed by atoms with Gasteiger partial charge in [-0.2, -0.15) is 0 Å². The predicted molar refractivity (Wildman–Crippen MR) is 80.3 cm³/mol. The van der Waals surface area contributed by atoms with Gasteiger partial charge in [0.2, 0.25) is 0 Å². The molecule has 1 unspecified atom stereocenters. The van der Waals surface area contributed by atoms with Gasteiger partial charge in [-0.05, 0) is 36.6 Å². The van der Waals surface area contributed by atoms with Crippen LogP contribution in [-0.2, 0) is 11.3 Å². The van der Waals surface area contributed by atoms with E-state index in [4.69, 9.17) is 21.4 Å². The van der Waals surface area contributed by atoms with Gasteiger partial charge in [0.15, 0.2) is 6.10 Å². The Kier molecular flexibility index (Phi) is 6.82. The van der Waals surface area contributed by atoms with Crippen molar-refractivity contribution in [3.63, 3.8) is 0 Å². The highest BCUT2D eigenvalue weighted by atomic mass is 35.5. The molecule has 0 aliphatic carbocycles. The van der Waals surface area contributed by atoms with Crippen LogP contribution in [0.15, 0.2) is 18.2 Å². The molecule has 0 saturated heterocycles. The fourth-order valence-electron chi connectivity index (χ4n) is 1.72. The fraction of sp³-hybridized carbons (Fsp3) is 0.533. The Hall–Kier alpha value is -1.26. The van der Waals surface area contributed by atoms with E-state index in [2.05, 4.69) is 19.2 Å². The van der Waals surface area contributed by atoms with E-state index in [-0.39, 0.29) is 0 Å². The first-order valence-electron chi connectivity index (χ1n) is 6.82. The largest absolute Gasteiger partial charge is 0.479 e. The molecule has 1 rings (SSSR count). The molecule has 1 aromatic carbocycles. The highest BCUT2D eigenvalue weighted by Gasteiger charge is 2.18. The molecule has 0 fully saturated rings. The number of carbonyl (C=O) groups is 1. The monoisotopic (exact) mass is 299 g/mol. The lowest BCUT2D eigenvalue weighted by Crippen LogP contribution is -2.26. The van der Waals surface area contributed by atoms with Crippen molar-refractivity contribution in [1.29, 1.82) is 0 Å². The van der Waals surface area contributed by atoms with Gasteiger partial charge >= 0.3 is 5.97 Å². The molecule has 0 aromatic heterocycles. The Morgan fingerprint density at radius 2 is 2.15 bits per heavy atom. The second-order valence-electron chi connectivity index (χ2n) is 5.14. The Labute approximate surface area is 125 Å². The summed E-state index contributed by atoms with van der Waals surface area (Å²) in [5, 5.41) is 12.7. The van der Waals surface area contributed by atoms with Crippen LogP contribution in [0.1, 0.15) is 32.8 Å². The lowest BCUT2D eigenvalue weighted by molar-refractivity contribution is -0.145. The first-order chi connectivity index (χ1) is 9.43. The molecule has 0 saturated carbocycles. The van der Waals surface area contributed by atoms with Gasteiger partial charge in [0.25, 0.3) is 0 Å². The summed E-state index contributed by atoms with van der Waals surface area (Å²) in [5.74, 6) is 0.0220. The molecule has 5 heteroatoms. The van der Waals surface area contributed by atoms with Gasteiger partial charge in [-0.3, -0.25) is 0 Å². The van der Waals surface area contributed by atoms with Crippen molar-refractivity contribution in [2.24, 2.45) is 5.92 Å². The molecule has 0 spiro atoms. The number of halogens is 1. The Balaban J connectivity index is 2.65. The minimum atomic E-state index is -0.980. The number of ether oxygens (including phenoxy) is 1. The summed E-state index contributed by atoms with van der Waals surface area (Å²) in [4.78, 5) is 10.9. The second-order valence-corrected chi connectivity index (χ2v) is 5.55. The second kappa shape index (κ2) is 8.12. The zero-order valence-corrected chi connectivity index (χ0v) is 12.9. The topological polar surface area (TPSA) is 58.6 Å². The van der Waals surface area contributed by atoms with E-state index >= 15 is 0 Å². The first kappa shape index (κ1) is 16.8. The van der Waals surface area contributed by atoms with Crippen molar-refractivity contribution >= 4 is 17.6 Å². The summed E-state index contributed by atoms with van der Waals surface area (Å²) in [5.41, 5.74) is 1.05. The summed E-state index contributed by atoms with van der Waals surface area (Å²) >= 11 is 6.13. The molecule has 0 heterocycles. The zero-order chi connectivity index (χ0) is 15.1. The highest BCUT2D eigenvalue weighted by Crippen LogP contribution is 2.27. The van der Waals surface area contributed by atoms with Gasteiger partial charge in [-0.25, -0.2) is 4.79 Å². The SMILES string of the molecule is CCC(Oc1ccc(CNCC(C)C)cc1Cl)C(=O)O. The lowest BCUT2D eigenvalue weighted by atomic mass is 10.2. The molecule has 2 N–H and O–H groups in total. The Morgan fingerprint density at radius 1 is 1.45 bits per heavy atom.